The molecular formula is C18H22N2O4S2. The van der Waals surface area contributed by atoms with E-state index < -0.39 is 15.9 Å². The Morgan fingerprint density at radius 2 is 1.88 bits per heavy atom. The Kier molecular flexibility index (Phi) is 6.93. The van der Waals surface area contributed by atoms with Gasteiger partial charge in [0, 0.05) is 10.6 Å². The standard InChI is InChI=1S/C18H22N2O4S2/c1-4-24-16-10-8-15(9-11-16)20(26(3,22)23)13-18(21)19-14-6-5-7-17(12-14)25-2/h5-12H,4,13H2,1-3H3,(H,19,21). The van der Waals surface area contributed by atoms with Crippen LogP contribution in [-0.2, 0) is 14.8 Å². The van der Waals surface area contributed by atoms with Gasteiger partial charge in [-0.1, -0.05) is 6.07 Å². The molecular weight excluding hydrogens is 372 g/mol. The van der Waals surface area contributed by atoms with Crippen molar-refractivity contribution < 1.29 is 17.9 Å². The van der Waals surface area contributed by atoms with Crippen molar-refractivity contribution in [1.29, 1.82) is 0 Å². The summed E-state index contributed by atoms with van der Waals surface area (Å²) >= 11 is 1.56. The van der Waals surface area contributed by atoms with E-state index in [2.05, 4.69) is 5.32 Å². The van der Waals surface area contributed by atoms with Crippen LogP contribution in [0.3, 0.4) is 0 Å². The van der Waals surface area contributed by atoms with Gasteiger partial charge in [-0.05, 0) is 55.6 Å². The van der Waals surface area contributed by atoms with Crippen LogP contribution in [0.4, 0.5) is 11.4 Å². The largest absolute Gasteiger partial charge is 0.494 e. The van der Waals surface area contributed by atoms with Crippen LogP contribution in [0.15, 0.2) is 53.4 Å². The maximum Gasteiger partial charge on any atom is 0.245 e. The zero-order valence-electron chi connectivity index (χ0n) is 14.9. The molecule has 0 saturated carbocycles. The van der Waals surface area contributed by atoms with Crippen LogP contribution in [0.2, 0.25) is 0 Å². The topological polar surface area (TPSA) is 75.7 Å². The van der Waals surface area contributed by atoms with Crippen molar-refractivity contribution in [1.82, 2.24) is 0 Å². The Balaban J connectivity index is 2.16. The summed E-state index contributed by atoms with van der Waals surface area (Å²) in [6.07, 6.45) is 3.02. The van der Waals surface area contributed by atoms with Crippen molar-refractivity contribution in [3.63, 3.8) is 0 Å². The maximum absolute atomic E-state index is 12.4. The molecule has 0 unspecified atom stereocenters. The molecule has 2 rings (SSSR count). The van der Waals surface area contributed by atoms with Crippen LogP contribution in [0.5, 0.6) is 5.75 Å². The highest BCUT2D eigenvalue weighted by molar-refractivity contribution is 7.98. The molecule has 0 atom stereocenters. The lowest BCUT2D eigenvalue weighted by molar-refractivity contribution is -0.114. The summed E-state index contributed by atoms with van der Waals surface area (Å²) in [5.41, 5.74) is 1.03. The third kappa shape index (κ3) is 5.67. The Morgan fingerprint density at radius 1 is 1.19 bits per heavy atom. The molecule has 0 aliphatic heterocycles. The van der Waals surface area contributed by atoms with Gasteiger partial charge in [-0.2, -0.15) is 0 Å². The van der Waals surface area contributed by atoms with Gasteiger partial charge >= 0.3 is 0 Å². The lowest BCUT2D eigenvalue weighted by Crippen LogP contribution is -2.37. The van der Waals surface area contributed by atoms with E-state index in [4.69, 9.17) is 4.74 Å². The minimum atomic E-state index is -3.62. The van der Waals surface area contributed by atoms with Gasteiger partial charge in [-0.3, -0.25) is 9.10 Å². The molecule has 2 aromatic rings. The first-order chi connectivity index (χ1) is 12.3. The predicted octanol–water partition coefficient (Wildman–Crippen LogP) is 3.21. The molecule has 26 heavy (non-hydrogen) atoms. The van der Waals surface area contributed by atoms with Crippen LogP contribution < -0.4 is 14.4 Å². The number of rotatable bonds is 8. The lowest BCUT2D eigenvalue weighted by atomic mass is 10.3. The van der Waals surface area contributed by atoms with E-state index in [1.165, 1.54) is 0 Å². The van der Waals surface area contributed by atoms with E-state index in [9.17, 15) is 13.2 Å². The van der Waals surface area contributed by atoms with Crippen molar-refractivity contribution in [2.75, 3.05) is 35.3 Å². The molecule has 2 aromatic carbocycles. The zero-order chi connectivity index (χ0) is 19.2. The van der Waals surface area contributed by atoms with Crippen LogP contribution in [-0.4, -0.2) is 40.0 Å². The number of amides is 1. The molecule has 0 heterocycles. The number of hydrogen-bond acceptors (Lipinski definition) is 5. The normalized spacial score (nSPS) is 11.0. The molecule has 6 nitrogen and oxygen atoms in total. The van der Waals surface area contributed by atoms with Crippen molar-refractivity contribution in [3.05, 3.63) is 48.5 Å². The van der Waals surface area contributed by atoms with Crippen molar-refractivity contribution in [3.8, 4) is 5.75 Å². The first-order valence-corrected chi connectivity index (χ1v) is 11.0. The minimum absolute atomic E-state index is 0.309. The molecule has 0 radical (unpaired) electrons. The molecule has 1 amide bonds. The van der Waals surface area contributed by atoms with E-state index in [0.29, 0.717) is 23.7 Å². The second kappa shape index (κ2) is 8.95. The number of carbonyl (C=O) groups is 1. The minimum Gasteiger partial charge on any atom is -0.494 e. The quantitative estimate of drug-likeness (QED) is 0.696. The number of sulfonamides is 1. The van der Waals surface area contributed by atoms with Gasteiger partial charge in [0.2, 0.25) is 15.9 Å². The molecule has 8 heteroatoms. The smallest absolute Gasteiger partial charge is 0.245 e. The number of nitrogens with zero attached hydrogens (tertiary/aromatic N) is 1. The van der Waals surface area contributed by atoms with E-state index in [1.54, 1.807) is 42.1 Å². The van der Waals surface area contributed by atoms with Gasteiger partial charge in [-0.25, -0.2) is 8.42 Å². The molecule has 0 fully saturated rings. The summed E-state index contributed by atoms with van der Waals surface area (Å²) < 4.78 is 30.7. The molecule has 1 N–H and O–H groups in total. The molecule has 0 saturated heterocycles. The van der Waals surface area contributed by atoms with Crippen molar-refractivity contribution in [2.45, 2.75) is 11.8 Å². The third-order valence-electron chi connectivity index (χ3n) is 3.48. The fourth-order valence-electron chi connectivity index (χ4n) is 2.31. The number of ether oxygens (including phenoxy) is 1. The number of anilines is 2. The monoisotopic (exact) mass is 394 g/mol. The van der Waals surface area contributed by atoms with Gasteiger partial charge in [0.15, 0.2) is 0 Å². The molecule has 0 aromatic heterocycles. The third-order valence-corrected chi connectivity index (χ3v) is 5.34. The maximum atomic E-state index is 12.4. The SMILES string of the molecule is CCOc1ccc(N(CC(=O)Nc2cccc(SC)c2)S(C)(=O)=O)cc1. The average Bonchev–Trinajstić information content (AvgIpc) is 2.60. The van der Waals surface area contributed by atoms with Gasteiger partial charge in [0.05, 0.1) is 18.6 Å². The van der Waals surface area contributed by atoms with Gasteiger partial charge < -0.3 is 10.1 Å². The van der Waals surface area contributed by atoms with E-state index in [0.717, 1.165) is 15.5 Å². The zero-order valence-corrected chi connectivity index (χ0v) is 16.6. The van der Waals surface area contributed by atoms with Crippen LogP contribution in [0.1, 0.15) is 6.92 Å². The molecule has 0 bridgehead atoms. The summed E-state index contributed by atoms with van der Waals surface area (Å²) in [7, 11) is -3.62. The summed E-state index contributed by atoms with van der Waals surface area (Å²) in [6.45, 7) is 2.08. The first kappa shape index (κ1) is 20.1. The van der Waals surface area contributed by atoms with Gasteiger partial charge in [0.1, 0.15) is 12.3 Å². The Morgan fingerprint density at radius 3 is 2.46 bits per heavy atom. The lowest BCUT2D eigenvalue weighted by Gasteiger charge is -2.22. The van der Waals surface area contributed by atoms with Gasteiger partial charge in [0.25, 0.3) is 0 Å². The highest BCUT2D eigenvalue weighted by Gasteiger charge is 2.21. The van der Waals surface area contributed by atoms with Crippen molar-refractivity contribution >= 4 is 39.1 Å². The first-order valence-electron chi connectivity index (χ1n) is 7.98. The fraction of sp³-hybridized carbons (Fsp3) is 0.278. The number of benzene rings is 2. The van der Waals surface area contributed by atoms with E-state index in [1.807, 2.05) is 31.4 Å². The van der Waals surface area contributed by atoms with Crippen LogP contribution >= 0.6 is 11.8 Å². The average molecular weight is 395 g/mol. The highest BCUT2D eigenvalue weighted by Crippen LogP contribution is 2.22. The number of nitrogens with one attached hydrogen (secondary N) is 1. The summed E-state index contributed by atoms with van der Waals surface area (Å²) in [5, 5.41) is 2.74. The summed E-state index contributed by atoms with van der Waals surface area (Å²) in [6, 6.07) is 14.0. The molecule has 0 aliphatic rings. The summed E-state index contributed by atoms with van der Waals surface area (Å²) in [5.74, 6) is 0.227. The second-order valence-corrected chi connectivity index (χ2v) is 8.26. The summed E-state index contributed by atoms with van der Waals surface area (Å²) in [4.78, 5) is 13.4. The fourth-order valence-corrected chi connectivity index (χ4v) is 3.62. The molecule has 0 spiro atoms. The number of hydrogen-bond donors (Lipinski definition) is 1. The Hall–Kier alpha value is -2.19. The van der Waals surface area contributed by atoms with E-state index in [-0.39, 0.29) is 6.54 Å². The Labute approximate surface area is 158 Å². The highest BCUT2D eigenvalue weighted by atomic mass is 32.2. The number of thioether (sulfide) groups is 1. The predicted molar refractivity (Wildman–Crippen MR) is 107 cm³/mol. The van der Waals surface area contributed by atoms with Gasteiger partial charge in [-0.15, -0.1) is 11.8 Å². The second-order valence-electron chi connectivity index (χ2n) is 5.48. The van der Waals surface area contributed by atoms with Crippen molar-refractivity contribution in [2.24, 2.45) is 0 Å². The molecule has 140 valence electrons. The van der Waals surface area contributed by atoms with Crippen LogP contribution in [0.25, 0.3) is 0 Å². The number of carbonyl (C=O) groups excluding carboxylic acids is 1. The Bertz CT molecular complexity index is 852. The van der Waals surface area contributed by atoms with E-state index >= 15 is 0 Å². The molecule has 0 aliphatic carbocycles. The van der Waals surface area contributed by atoms with Crippen LogP contribution in [0, 0.1) is 0 Å².